The van der Waals surface area contributed by atoms with Crippen molar-refractivity contribution >= 4 is 11.3 Å². The first-order valence-corrected chi connectivity index (χ1v) is 6.77. The van der Waals surface area contributed by atoms with Crippen molar-refractivity contribution in [1.82, 2.24) is 5.32 Å². The maximum atomic E-state index is 13.8. The van der Waals surface area contributed by atoms with E-state index in [1.54, 1.807) is 18.3 Å². The van der Waals surface area contributed by atoms with Crippen LogP contribution in [0.3, 0.4) is 0 Å². The van der Waals surface area contributed by atoms with Gasteiger partial charge < -0.3 is 10.4 Å². The van der Waals surface area contributed by atoms with Crippen molar-refractivity contribution in [2.75, 3.05) is 6.61 Å². The summed E-state index contributed by atoms with van der Waals surface area (Å²) >= 11 is 1.55. The molecule has 0 amide bonds. The highest BCUT2D eigenvalue weighted by atomic mass is 32.1. The first-order valence-electron chi connectivity index (χ1n) is 5.89. The van der Waals surface area contributed by atoms with Gasteiger partial charge >= 0.3 is 0 Å². The number of benzene rings is 1. The summed E-state index contributed by atoms with van der Waals surface area (Å²) in [6, 6.07) is 7.53. The summed E-state index contributed by atoms with van der Waals surface area (Å²) in [4.78, 5) is 1.04. The Labute approximate surface area is 114 Å². The number of hydrogen-bond donors (Lipinski definition) is 2. The fraction of sp³-hybridized carbons (Fsp3) is 0.286. The summed E-state index contributed by atoms with van der Waals surface area (Å²) < 4.78 is 27.6. The Bertz CT molecular complexity index is 524. The molecule has 0 fully saturated rings. The van der Waals surface area contributed by atoms with E-state index in [0.29, 0.717) is 6.54 Å². The van der Waals surface area contributed by atoms with Crippen molar-refractivity contribution in [3.63, 3.8) is 0 Å². The van der Waals surface area contributed by atoms with Crippen molar-refractivity contribution in [3.8, 4) is 0 Å². The molecule has 0 aliphatic rings. The molecule has 102 valence electrons. The zero-order valence-electron chi connectivity index (χ0n) is 10.5. The molecule has 1 heterocycles. The van der Waals surface area contributed by atoms with Gasteiger partial charge in [0.1, 0.15) is 11.6 Å². The van der Waals surface area contributed by atoms with Crippen LogP contribution in [0, 0.1) is 11.6 Å². The summed E-state index contributed by atoms with van der Waals surface area (Å²) in [6.07, 6.45) is 0. The average molecular weight is 283 g/mol. The molecule has 2 nitrogen and oxygen atoms in total. The van der Waals surface area contributed by atoms with Gasteiger partial charge in [-0.25, -0.2) is 8.78 Å². The molecule has 1 atom stereocenters. The summed E-state index contributed by atoms with van der Waals surface area (Å²) in [5.74, 6) is -1.31. The molecule has 0 radical (unpaired) electrons. The molecule has 2 rings (SSSR count). The number of thiophene rings is 1. The van der Waals surface area contributed by atoms with Crippen LogP contribution in [-0.2, 0) is 12.1 Å². The van der Waals surface area contributed by atoms with Crippen LogP contribution in [0.2, 0.25) is 0 Å². The van der Waals surface area contributed by atoms with Gasteiger partial charge in [0.15, 0.2) is 0 Å². The third kappa shape index (κ3) is 3.00. The second kappa shape index (κ2) is 5.77. The summed E-state index contributed by atoms with van der Waals surface area (Å²) in [6.45, 7) is 1.64. The molecule has 0 saturated heterocycles. The number of halogens is 2. The summed E-state index contributed by atoms with van der Waals surface area (Å²) in [7, 11) is 0. The third-order valence-corrected chi connectivity index (χ3v) is 3.94. The highest BCUT2D eigenvalue weighted by molar-refractivity contribution is 7.09. The Kier molecular flexibility index (Phi) is 4.29. The first-order chi connectivity index (χ1) is 9.07. The van der Waals surface area contributed by atoms with Crippen LogP contribution in [0.5, 0.6) is 0 Å². The fourth-order valence-corrected chi connectivity index (χ4v) is 2.59. The molecule has 2 aromatic rings. The van der Waals surface area contributed by atoms with Gasteiger partial charge in [0.25, 0.3) is 0 Å². The molecule has 5 heteroatoms. The van der Waals surface area contributed by atoms with Crippen LogP contribution in [0.15, 0.2) is 35.7 Å². The summed E-state index contributed by atoms with van der Waals surface area (Å²) in [5.41, 5.74) is -1.28. The van der Waals surface area contributed by atoms with E-state index >= 15 is 0 Å². The molecule has 0 bridgehead atoms. The number of hydrogen-bond acceptors (Lipinski definition) is 3. The topological polar surface area (TPSA) is 32.3 Å². The van der Waals surface area contributed by atoms with Crippen molar-refractivity contribution in [3.05, 3.63) is 57.8 Å². The van der Waals surface area contributed by atoms with E-state index in [4.69, 9.17) is 0 Å². The van der Waals surface area contributed by atoms with Gasteiger partial charge in [-0.2, -0.15) is 0 Å². The molecular weight excluding hydrogens is 268 g/mol. The van der Waals surface area contributed by atoms with Crippen molar-refractivity contribution < 1.29 is 13.9 Å². The SMILES string of the molecule is CC(CO)(NCc1cccs1)c1c(F)cccc1F. The molecular formula is C14H15F2NOS. The molecule has 0 aliphatic carbocycles. The molecule has 0 aliphatic heterocycles. The smallest absolute Gasteiger partial charge is 0.131 e. The van der Waals surface area contributed by atoms with Gasteiger partial charge in [0.2, 0.25) is 0 Å². The largest absolute Gasteiger partial charge is 0.394 e. The summed E-state index contributed by atoms with van der Waals surface area (Å²) in [5, 5.41) is 14.5. The highest BCUT2D eigenvalue weighted by Crippen LogP contribution is 2.27. The zero-order valence-corrected chi connectivity index (χ0v) is 11.3. The van der Waals surface area contributed by atoms with Crippen LogP contribution in [0.4, 0.5) is 8.78 Å². The van der Waals surface area contributed by atoms with Gasteiger partial charge in [-0.3, -0.25) is 0 Å². The van der Waals surface area contributed by atoms with E-state index in [0.717, 1.165) is 4.88 Å². The number of nitrogens with one attached hydrogen (secondary N) is 1. The normalized spacial score (nSPS) is 14.3. The van der Waals surface area contributed by atoms with Gasteiger partial charge in [-0.15, -0.1) is 11.3 Å². The lowest BCUT2D eigenvalue weighted by Gasteiger charge is -2.30. The Morgan fingerprint density at radius 1 is 1.21 bits per heavy atom. The molecule has 2 N–H and O–H groups in total. The van der Waals surface area contributed by atoms with Gasteiger partial charge in [0.05, 0.1) is 12.1 Å². The van der Waals surface area contributed by atoms with E-state index < -0.39 is 23.8 Å². The third-order valence-electron chi connectivity index (χ3n) is 3.06. The lowest BCUT2D eigenvalue weighted by molar-refractivity contribution is 0.166. The lowest BCUT2D eigenvalue weighted by atomic mass is 9.91. The Balaban J connectivity index is 2.26. The quantitative estimate of drug-likeness (QED) is 0.884. The Morgan fingerprint density at radius 2 is 1.89 bits per heavy atom. The standard InChI is InChI=1S/C14H15F2NOS/c1-14(9-18,17-8-10-4-3-7-19-10)13-11(15)5-2-6-12(13)16/h2-7,17-18H,8-9H2,1H3. The molecule has 1 aromatic carbocycles. The molecule has 19 heavy (non-hydrogen) atoms. The maximum Gasteiger partial charge on any atom is 0.131 e. The first kappa shape index (κ1) is 14.1. The monoisotopic (exact) mass is 283 g/mol. The fourth-order valence-electron chi connectivity index (χ4n) is 1.94. The molecule has 0 saturated carbocycles. The van der Waals surface area contributed by atoms with Crippen LogP contribution >= 0.6 is 11.3 Å². The van der Waals surface area contributed by atoms with Crippen molar-refractivity contribution in [2.24, 2.45) is 0 Å². The Morgan fingerprint density at radius 3 is 2.42 bits per heavy atom. The minimum absolute atomic E-state index is 0.131. The number of aliphatic hydroxyl groups is 1. The minimum atomic E-state index is -1.15. The van der Waals surface area contributed by atoms with Crippen molar-refractivity contribution in [2.45, 2.75) is 19.0 Å². The van der Waals surface area contributed by atoms with E-state index in [1.165, 1.54) is 18.2 Å². The van der Waals surface area contributed by atoms with Gasteiger partial charge in [-0.1, -0.05) is 12.1 Å². The van der Waals surface area contributed by atoms with Crippen molar-refractivity contribution in [1.29, 1.82) is 0 Å². The molecule has 0 spiro atoms. The van der Waals surface area contributed by atoms with Gasteiger partial charge in [-0.05, 0) is 30.5 Å². The zero-order chi connectivity index (χ0) is 13.9. The average Bonchev–Trinajstić information content (AvgIpc) is 2.89. The van der Waals surface area contributed by atoms with E-state index in [2.05, 4.69) is 5.32 Å². The predicted octanol–water partition coefficient (Wildman–Crippen LogP) is 3.02. The van der Waals surface area contributed by atoms with E-state index in [9.17, 15) is 13.9 Å². The highest BCUT2D eigenvalue weighted by Gasteiger charge is 2.31. The maximum absolute atomic E-state index is 13.8. The van der Waals surface area contributed by atoms with Crippen LogP contribution in [-0.4, -0.2) is 11.7 Å². The molecule has 1 aromatic heterocycles. The lowest BCUT2D eigenvalue weighted by Crippen LogP contribution is -2.43. The van der Waals surface area contributed by atoms with Crippen LogP contribution in [0.1, 0.15) is 17.4 Å². The second-order valence-corrected chi connectivity index (χ2v) is 5.55. The minimum Gasteiger partial charge on any atom is -0.394 e. The van der Waals surface area contributed by atoms with E-state index in [1.807, 2.05) is 17.5 Å². The van der Waals surface area contributed by atoms with E-state index in [-0.39, 0.29) is 5.56 Å². The van der Waals surface area contributed by atoms with Crippen LogP contribution < -0.4 is 5.32 Å². The molecule has 1 unspecified atom stereocenters. The van der Waals surface area contributed by atoms with Crippen LogP contribution in [0.25, 0.3) is 0 Å². The Hall–Kier alpha value is -1.30. The second-order valence-electron chi connectivity index (χ2n) is 4.52. The predicted molar refractivity (Wildman–Crippen MR) is 72.0 cm³/mol. The number of aliphatic hydroxyl groups excluding tert-OH is 1. The van der Waals surface area contributed by atoms with Gasteiger partial charge in [0, 0.05) is 17.0 Å². The number of rotatable bonds is 5.